The zero-order valence-electron chi connectivity index (χ0n) is 19.6. The van der Waals surface area contributed by atoms with Crippen LogP contribution in [0.15, 0.2) is 54.9 Å². The van der Waals surface area contributed by atoms with Crippen LogP contribution in [0.25, 0.3) is 10.9 Å². The maximum Gasteiger partial charge on any atom is 0.278 e. The standard InChI is InChI=1S/C25H30FN5O4/c1-15(2)11-19(22(26)25(34)31-35)23(32)30-21(24(33)29-14-17-7-5-6-10-27-17)12-16-13-28-20-9-4-3-8-18(16)20/h3-10,13,15,19,21-22,28,35H,11-12,14H2,1-2H3,(H,29,33)(H,30,32)(H,31,34)/t19-,21+,22-/m1/s1. The Balaban J connectivity index is 1.83. The van der Waals surface area contributed by atoms with Crippen molar-refractivity contribution in [2.45, 2.75) is 45.4 Å². The molecular weight excluding hydrogens is 453 g/mol. The predicted molar refractivity (Wildman–Crippen MR) is 128 cm³/mol. The highest BCUT2D eigenvalue weighted by Gasteiger charge is 2.36. The van der Waals surface area contributed by atoms with E-state index in [1.54, 1.807) is 44.4 Å². The fourth-order valence-corrected chi connectivity index (χ4v) is 3.92. The minimum Gasteiger partial charge on any atom is -0.361 e. The Morgan fingerprint density at radius 3 is 2.49 bits per heavy atom. The number of halogens is 1. The molecule has 0 aliphatic carbocycles. The lowest BCUT2D eigenvalue weighted by Gasteiger charge is -2.24. The fraction of sp³-hybridized carbons (Fsp3) is 0.360. The summed E-state index contributed by atoms with van der Waals surface area (Å²) in [7, 11) is 0. The van der Waals surface area contributed by atoms with Crippen LogP contribution >= 0.6 is 0 Å². The normalized spacial score (nSPS) is 13.7. The van der Waals surface area contributed by atoms with Crippen molar-refractivity contribution in [2.24, 2.45) is 11.8 Å². The molecule has 0 aliphatic rings. The first-order valence-corrected chi connectivity index (χ1v) is 11.4. The summed E-state index contributed by atoms with van der Waals surface area (Å²) in [6, 6.07) is 11.8. The molecule has 3 amide bonds. The van der Waals surface area contributed by atoms with Crippen molar-refractivity contribution in [1.82, 2.24) is 26.1 Å². The van der Waals surface area contributed by atoms with E-state index in [-0.39, 0.29) is 25.3 Å². The molecule has 3 atom stereocenters. The number of hydrogen-bond donors (Lipinski definition) is 5. The molecule has 2 heterocycles. The number of fused-ring (bicyclic) bond motifs is 1. The maximum absolute atomic E-state index is 14.7. The third-order valence-electron chi connectivity index (χ3n) is 5.68. The molecule has 0 radical (unpaired) electrons. The number of benzene rings is 1. The number of carbonyl (C=O) groups excluding carboxylic acids is 3. The predicted octanol–water partition coefficient (Wildman–Crippen LogP) is 2.41. The van der Waals surface area contributed by atoms with Gasteiger partial charge in [-0.1, -0.05) is 38.1 Å². The quantitative estimate of drug-likeness (QED) is 0.211. The van der Waals surface area contributed by atoms with Crippen molar-refractivity contribution >= 4 is 28.6 Å². The Morgan fingerprint density at radius 2 is 1.80 bits per heavy atom. The number of aromatic nitrogens is 2. The Kier molecular flexibility index (Phi) is 8.91. The second-order valence-electron chi connectivity index (χ2n) is 8.78. The summed E-state index contributed by atoms with van der Waals surface area (Å²) in [6.45, 7) is 3.72. The molecule has 0 bridgehead atoms. The number of pyridine rings is 1. The SMILES string of the molecule is CC(C)C[C@@H](C(=O)N[C@@H](Cc1c[nH]c2ccccc12)C(=O)NCc1ccccn1)[C@@H](F)C(=O)NO. The van der Waals surface area contributed by atoms with E-state index in [0.29, 0.717) is 5.69 Å². The molecule has 10 heteroatoms. The van der Waals surface area contributed by atoms with Gasteiger partial charge in [0.25, 0.3) is 5.91 Å². The summed E-state index contributed by atoms with van der Waals surface area (Å²) in [5.74, 6) is -4.05. The second-order valence-corrected chi connectivity index (χ2v) is 8.78. The van der Waals surface area contributed by atoms with Crippen LogP contribution in [-0.4, -0.2) is 45.1 Å². The van der Waals surface area contributed by atoms with Crippen LogP contribution in [0.4, 0.5) is 4.39 Å². The van der Waals surface area contributed by atoms with E-state index in [2.05, 4.69) is 20.6 Å². The lowest BCUT2D eigenvalue weighted by atomic mass is 9.91. The average Bonchev–Trinajstić information content (AvgIpc) is 3.27. The van der Waals surface area contributed by atoms with Gasteiger partial charge < -0.3 is 15.6 Å². The molecule has 3 aromatic rings. The van der Waals surface area contributed by atoms with Gasteiger partial charge in [0.1, 0.15) is 6.04 Å². The van der Waals surface area contributed by atoms with Crippen molar-refractivity contribution in [3.63, 3.8) is 0 Å². The summed E-state index contributed by atoms with van der Waals surface area (Å²) >= 11 is 0. The van der Waals surface area contributed by atoms with E-state index in [0.717, 1.165) is 16.5 Å². The smallest absolute Gasteiger partial charge is 0.278 e. The number of nitrogens with zero attached hydrogens (tertiary/aromatic N) is 1. The number of para-hydroxylation sites is 1. The first-order chi connectivity index (χ1) is 16.8. The third-order valence-corrected chi connectivity index (χ3v) is 5.68. The molecule has 1 aromatic carbocycles. The topological polar surface area (TPSA) is 136 Å². The first kappa shape index (κ1) is 25.8. The number of rotatable bonds is 11. The molecule has 0 fully saturated rings. The lowest BCUT2D eigenvalue weighted by molar-refractivity contribution is -0.142. The van der Waals surface area contributed by atoms with Crippen LogP contribution in [0.2, 0.25) is 0 Å². The molecule has 35 heavy (non-hydrogen) atoms. The van der Waals surface area contributed by atoms with Crippen molar-refractivity contribution in [1.29, 1.82) is 0 Å². The monoisotopic (exact) mass is 483 g/mol. The Labute approximate surface area is 202 Å². The Bertz CT molecular complexity index is 1150. The zero-order chi connectivity index (χ0) is 25.4. The van der Waals surface area contributed by atoms with E-state index in [4.69, 9.17) is 5.21 Å². The maximum atomic E-state index is 14.7. The summed E-state index contributed by atoms with van der Waals surface area (Å²) in [5, 5.41) is 15.1. The van der Waals surface area contributed by atoms with E-state index < -0.39 is 35.9 Å². The van der Waals surface area contributed by atoms with Crippen molar-refractivity contribution in [2.75, 3.05) is 0 Å². The van der Waals surface area contributed by atoms with Gasteiger partial charge in [0.15, 0.2) is 6.17 Å². The van der Waals surface area contributed by atoms with Crippen LogP contribution in [0.3, 0.4) is 0 Å². The molecule has 0 saturated heterocycles. The van der Waals surface area contributed by atoms with Crippen LogP contribution in [-0.2, 0) is 27.3 Å². The van der Waals surface area contributed by atoms with Gasteiger partial charge in [-0.3, -0.25) is 24.6 Å². The van der Waals surface area contributed by atoms with E-state index >= 15 is 0 Å². The third kappa shape index (κ3) is 6.86. The molecule has 0 saturated carbocycles. The first-order valence-electron chi connectivity index (χ1n) is 11.4. The second kappa shape index (κ2) is 12.1. The number of amides is 3. The van der Waals surface area contributed by atoms with E-state index in [9.17, 15) is 18.8 Å². The van der Waals surface area contributed by atoms with E-state index in [1.165, 1.54) is 5.48 Å². The minimum absolute atomic E-state index is 0.0514. The highest BCUT2D eigenvalue weighted by molar-refractivity contribution is 5.93. The number of nitrogens with one attached hydrogen (secondary N) is 4. The van der Waals surface area contributed by atoms with Crippen LogP contribution in [0, 0.1) is 11.8 Å². The van der Waals surface area contributed by atoms with Gasteiger partial charge >= 0.3 is 0 Å². The number of hydroxylamine groups is 1. The number of hydrogen-bond acceptors (Lipinski definition) is 5. The minimum atomic E-state index is -2.27. The molecule has 186 valence electrons. The van der Waals surface area contributed by atoms with Crippen LogP contribution in [0.1, 0.15) is 31.5 Å². The molecular formula is C25H30FN5O4. The molecule has 0 spiro atoms. The van der Waals surface area contributed by atoms with Gasteiger partial charge in [0.2, 0.25) is 11.8 Å². The van der Waals surface area contributed by atoms with Gasteiger partial charge in [-0.15, -0.1) is 0 Å². The highest BCUT2D eigenvalue weighted by Crippen LogP contribution is 2.22. The number of H-pyrrole nitrogens is 1. The van der Waals surface area contributed by atoms with Gasteiger partial charge in [-0.25, -0.2) is 9.87 Å². The number of alkyl halides is 1. The molecule has 9 nitrogen and oxygen atoms in total. The van der Waals surface area contributed by atoms with Crippen LogP contribution < -0.4 is 16.1 Å². The lowest BCUT2D eigenvalue weighted by Crippen LogP contribution is -2.52. The fourth-order valence-electron chi connectivity index (χ4n) is 3.92. The molecule has 3 rings (SSSR count). The van der Waals surface area contributed by atoms with Crippen LogP contribution in [0.5, 0.6) is 0 Å². The summed E-state index contributed by atoms with van der Waals surface area (Å²) in [4.78, 5) is 45.3. The highest BCUT2D eigenvalue weighted by atomic mass is 19.1. The molecule has 2 aromatic heterocycles. The van der Waals surface area contributed by atoms with Gasteiger partial charge in [0.05, 0.1) is 18.2 Å². The molecule has 0 unspecified atom stereocenters. The van der Waals surface area contributed by atoms with Gasteiger partial charge in [0, 0.05) is 29.7 Å². The Hall–Kier alpha value is -3.79. The number of aromatic amines is 1. The summed E-state index contributed by atoms with van der Waals surface area (Å²) in [6.07, 6.45) is 1.29. The van der Waals surface area contributed by atoms with E-state index in [1.807, 2.05) is 24.3 Å². The van der Waals surface area contributed by atoms with Gasteiger partial charge in [-0.2, -0.15) is 0 Å². The summed E-state index contributed by atoms with van der Waals surface area (Å²) in [5.41, 5.74) is 3.57. The average molecular weight is 484 g/mol. The largest absolute Gasteiger partial charge is 0.361 e. The molecule has 0 aliphatic heterocycles. The van der Waals surface area contributed by atoms with Crippen molar-refractivity contribution in [3.8, 4) is 0 Å². The van der Waals surface area contributed by atoms with Crippen molar-refractivity contribution < 1.29 is 24.0 Å². The number of carbonyl (C=O) groups is 3. The zero-order valence-corrected chi connectivity index (χ0v) is 19.6. The van der Waals surface area contributed by atoms with Gasteiger partial charge in [-0.05, 0) is 36.1 Å². The Morgan fingerprint density at radius 1 is 1.06 bits per heavy atom. The molecule has 5 N–H and O–H groups in total. The van der Waals surface area contributed by atoms with Crippen molar-refractivity contribution in [3.05, 3.63) is 66.1 Å². The summed E-state index contributed by atoms with van der Waals surface area (Å²) < 4.78 is 14.7.